The maximum atomic E-state index is 14.2. The molecule has 1 aliphatic rings. The number of fused-ring (bicyclic) bond motifs is 1. The number of anilines is 1. The third-order valence-corrected chi connectivity index (χ3v) is 5.22. The number of aryl methyl sites for hydroxylation is 3. The van der Waals surface area contributed by atoms with Gasteiger partial charge in [0.15, 0.2) is 5.65 Å². The van der Waals surface area contributed by atoms with E-state index in [0.29, 0.717) is 24.6 Å². The van der Waals surface area contributed by atoms with Crippen LogP contribution in [0.4, 0.5) is 10.2 Å². The van der Waals surface area contributed by atoms with Crippen LogP contribution in [-0.4, -0.2) is 44.3 Å². The van der Waals surface area contributed by atoms with Gasteiger partial charge in [-0.3, -0.25) is 0 Å². The van der Waals surface area contributed by atoms with Crippen molar-refractivity contribution in [2.45, 2.75) is 40.0 Å². The highest BCUT2D eigenvalue weighted by atomic mass is 19.1. The number of halogens is 1. The highest BCUT2D eigenvalue weighted by molar-refractivity contribution is 5.52. The van der Waals surface area contributed by atoms with Gasteiger partial charge in [-0.05, 0) is 39.0 Å². The molecule has 0 N–H and O–H groups in total. The lowest BCUT2D eigenvalue weighted by Gasteiger charge is -2.33. The standard InChI is InChI=1S/C20H25FN6O/c1-4-16-19(21)20(23-12-22-16)28-11-15-5-7-26(8-6-15)18-10-13(2)24-17-9-14(3)25-27(17)18/h9-10,12,15H,4-8,11H2,1-3H3. The second kappa shape index (κ2) is 7.69. The van der Waals surface area contributed by atoms with Gasteiger partial charge >= 0.3 is 0 Å². The lowest BCUT2D eigenvalue weighted by molar-refractivity contribution is 0.206. The van der Waals surface area contributed by atoms with E-state index in [1.165, 1.54) is 6.33 Å². The first-order chi connectivity index (χ1) is 13.5. The highest BCUT2D eigenvalue weighted by Gasteiger charge is 2.23. The predicted molar refractivity (Wildman–Crippen MR) is 104 cm³/mol. The second-order valence-electron chi connectivity index (χ2n) is 7.35. The molecule has 0 aromatic carbocycles. The Labute approximate surface area is 163 Å². The summed E-state index contributed by atoms with van der Waals surface area (Å²) in [6.45, 7) is 8.12. The summed E-state index contributed by atoms with van der Waals surface area (Å²) in [5, 5.41) is 4.58. The molecule has 0 unspecified atom stereocenters. The topological polar surface area (TPSA) is 68.4 Å². The number of hydrogen-bond donors (Lipinski definition) is 0. The van der Waals surface area contributed by atoms with Crippen LogP contribution < -0.4 is 9.64 Å². The number of ether oxygens (including phenoxy) is 1. The molecular weight excluding hydrogens is 359 g/mol. The van der Waals surface area contributed by atoms with E-state index >= 15 is 0 Å². The summed E-state index contributed by atoms with van der Waals surface area (Å²) in [4.78, 5) is 14.8. The van der Waals surface area contributed by atoms with Crippen LogP contribution in [0.15, 0.2) is 18.5 Å². The normalized spacial score (nSPS) is 15.4. The van der Waals surface area contributed by atoms with E-state index < -0.39 is 5.82 Å². The highest BCUT2D eigenvalue weighted by Crippen LogP contribution is 2.26. The largest absolute Gasteiger partial charge is 0.475 e. The van der Waals surface area contributed by atoms with Gasteiger partial charge in [-0.15, -0.1) is 0 Å². The van der Waals surface area contributed by atoms with Gasteiger partial charge in [0, 0.05) is 30.9 Å². The Morgan fingerprint density at radius 1 is 1.14 bits per heavy atom. The fraction of sp³-hybridized carbons (Fsp3) is 0.500. The number of hydrogen-bond acceptors (Lipinski definition) is 6. The first kappa shape index (κ1) is 18.6. The fourth-order valence-corrected chi connectivity index (χ4v) is 3.68. The average molecular weight is 384 g/mol. The third-order valence-electron chi connectivity index (χ3n) is 5.22. The smallest absolute Gasteiger partial charge is 0.253 e. The van der Waals surface area contributed by atoms with Gasteiger partial charge in [-0.2, -0.15) is 19.0 Å². The van der Waals surface area contributed by atoms with E-state index in [2.05, 4.69) is 31.0 Å². The molecule has 3 aromatic rings. The van der Waals surface area contributed by atoms with Crippen molar-refractivity contribution in [2.24, 2.45) is 5.92 Å². The molecule has 1 aliphatic heterocycles. The van der Waals surface area contributed by atoms with E-state index in [1.807, 2.05) is 31.4 Å². The summed E-state index contributed by atoms with van der Waals surface area (Å²) in [5.74, 6) is 1.07. The third kappa shape index (κ3) is 3.63. The quantitative estimate of drug-likeness (QED) is 0.673. The van der Waals surface area contributed by atoms with Gasteiger partial charge in [-0.1, -0.05) is 6.92 Å². The summed E-state index contributed by atoms with van der Waals surface area (Å²) >= 11 is 0. The van der Waals surface area contributed by atoms with Crippen LogP contribution in [0.25, 0.3) is 5.65 Å². The molecule has 1 fully saturated rings. The predicted octanol–water partition coefficient (Wildman–Crippen LogP) is 3.13. The van der Waals surface area contributed by atoms with Gasteiger partial charge in [0.25, 0.3) is 5.88 Å². The maximum Gasteiger partial charge on any atom is 0.253 e. The zero-order valence-corrected chi connectivity index (χ0v) is 16.5. The first-order valence-electron chi connectivity index (χ1n) is 9.76. The Morgan fingerprint density at radius 2 is 1.93 bits per heavy atom. The maximum absolute atomic E-state index is 14.2. The molecule has 7 nitrogen and oxygen atoms in total. The van der Waals surface area contributed by atoms with Gasteiger partial charge in [0.1, 0.15) is 12.1 Å². The van der Waals surface area contributed by atoms with Gasteiger partial charge < -0.3 is 9.64 Å². The van der Waals surface area contributed by atoms with E-state index in [4.69, 9.17) is 4.74 Å². The van der Waals surface area contributed by atoms with E-state index in [-0.39, 0.29) is 5.88 Å². The van der Waals surface area contributed by atoms with Crippen LogP contribution >= 0.6 is 0 Å². The van der Waals surface area contributed by atoms with Crippen molar-refractivity contribution in [3.8, 4) is 5.88 Å². The molecule has 0 aliphatic carbocycles. The summed E-state index contributed by atoms with van der Waals surface area (Å²) < 4.78 is 21.8. The molecular formula is C20H25FN6O. The SMILES string of the molecule is CCc1ncnc(OCC2CCN(c3cc(C)nc4cc(C)nn34)CC2)c1F. The number of piperidine rings is 1. The number of nitrogens with zero attached hydrogens (tertiary/aromatic N) is 6. The lowest BCUT2D eigenvalue weighted by atomic mass is 9.98. The van der Waals surface area contributed by atoms with Crippen molar-refractivity contribution in [1.29, 1.82) is 0 Å². The van der Waals surface area contributed by atoms with Gasteiger partial charge in [-0.25, -0.2) is 9.97 Å². The minimum Gasteiger partial charge on any atom is -0.475 e. The molecule has 3 aromatic heterocycles. The molecule has 0 atom stereocenters. The molecule has 4 rings (SSSR count). The van der Waals surface area contributed by atoms with Crippen LogP contribution in [0.1, 0.15) is 36.8 Å². The van der Waals surface area contributed by atoms with E-state index in [9.17, 15) is 4.39 Å². The van der Waals surface area contributed by atoms with Gasteiger partial charge in [0.05, 0.1) is 18.0 Å². The molecule has 4 heterocycles. The molecule has 0 bridgehead atoms. The van der Waals surface area contributed by atoms with Crippen LogP contribution in [0.5, 0.6) is 5.88 Å². The molecule has 28 heavy (non-hydrogen) atoms. The lowest BCUT2D eigenvalue weighted by Crippen LogP contribution is -2.36. The van der Waals surface area contributed by atoms with Crippen LogP contribution in [-0.2, 0) is 6.42 Å². The van der Waals surface area contributed by atoms with Crippen LogP contribution in [0.3, 0.4) is 0 Å². The van der Waals surface area contributed by atoms with Gasteiger partial charge in [0.2, 0.25) is 5.82 Å². The monoisotopic (exact) mass is 384 g/mol. The molecule has 8 heteroatoms. The number of aromatic nitrogens is 5. The van der Waals surface area contributed by atoms with Crippen molar-refractivity contribution in [3.05, 3.63) is 41.4 Å². The van der Waals surface area contributed by atoms with Crippen molar-refractivity contribution in [3.63, 3.8) is 0 Å². The zero-order chi connectivity index (χ0) is 19.7. The summed E-state index contributed by atoms with van der Waals surface area (Å²) in [6, 6.07) is 4.08. The number of rotatable bonds is 5. The first-order valence-corrected chi connectivity index (χ1v) is 9.76. The average Bonchev–Trinajstić information content (AvgIpc) is 3.07. The Morgan fingerprint density at radius 3 is 2.68 bits per heavy atom. The van der Waals surface area contributed by atoms with Crippen molar-refractivity contribution in [2.75, 3.05) is 24.6 Å². The van der Waals surface area contributed by atoms with Crippen LogP contribution in [0.2, 0.25) is 0 Å². The Kier molecular flexibility index (Phi) is 5.11. The van der Waals surface area contributed by atoms with Crippen molar-refractivity contribution >= 4 is 11.5 Å². The van der Waals surface area contributed by atoms with Crippen LogP contribution in [0, 0.1) is 25.6 Å². The Balaban J connectivity index is 1.40. The minimum atomic E-state index is -0.439. The zero-order valence-electron chi connectivity index (χ0n) is 16.5. The summed E-state index contributed by atoms with van der Waals surface area (Å²) in [5.41, 5.74) is 3.22. The molecule has 148 valence electrons. The van der Waals surface area contributed by atoms with Crippen molar-refractivity contribution in [1.82, 2.24) is 24.6 Å². The van der Waals surface area contributed by atoms with E-state index in [1.54, 1.807) is 0 Å². The summed E-state index contributed by atoms with van der Waals surface area (Å²) in [7, 11) is 0. The molecule has 1 saturated heterocycles. The summed E-state index contributed by atoms with van der Waals surface area (Å²) in [6.07, 6.45) is 3.83. The Hall–Kier alpha value is -2.77. The molecule has 0 amide bonds. The van der Waals surface area contributed by atoms with E-state index in [0.717, 1.165) is 48.8 Å². The fourth-order valence-electron chi connectivity index (χ4n) is 3.68. The van der Waals surface area contributed by atoms with Crippen molar-refractivity contribution < 1.29 is 9.13 Å². The molecule has 0 saturated carbocycles. The molecule has 0 spiro atoms. The Bertz CT molecular complexity index is 980. The second-order valence-corrected chi connectivity index (χ2v) is 7.35. The minimum absolute atomic E-state index is 0.0627. The molecule has 0 radical (unpaired) electrons.